The molecule has 0 fully saturated rings. The van der Waals surface area contributed by atoms with Crippen molar-refractivity contribution in [3.8, 4) is 5.75 Å². The Morgan fingerprint density at radius 2 is 1.76 bits per heavy atom. The fourth-order valence-electron chi connectivity index (χ4n) is 2.02. The van der Waals surface area contributed by atoms with E-state index in [2.05, 4.69) is 4.74 Å². The van der Waals surface area contributed by atoms with Gasteiger partial charge in [0, 0.05) is 10.6 Å². The van der Waals surface area contributed by atoms with Crippen LogP contribution in [0.25, 0.3) is 0 Å². The Bertz CT molecular complexity index is 684. The van der Waals surface area contributed by atoms with Crippen molar-refractivity contribution >= 4 is 17.4 Å². The van der Waals surface area contributed by atoms with Crippen molar-refractivity contribution in [3.63, 3.8) is 0 Å². The van der Waals surface area contributed by atoms with E-state index >= 15 is 0 Å². The molecule has 0 bridgehead atoms. The van der Waals surface area contributed by atoms with Gasteiger partial charge in [-0.1, -0.05) is 23.7 Å². The minimum atomic E-state index is -2.98. The molecule has 0 radical (unpaired) electrons. The molecule has 0 spiro atoms. The normalized spacial score (nSPS) is 10.8. The molecule has 0 atom stereocenters. The number of hydrogen-bond acceptors (Lipinski definition) is 2. The van der Waals surface area contributed by atoms with E-state index in [1.807, 2.05) is 0 Å². The number of aryl methyl sites for hydroxylation is 2. The van der Waals surface area contributed by atoms with Gasteiger partial charge in [-0.2, -0.15) is 8.78 Å². The highest BCUT2D eigenvalue weighted by molar-refractivity contribution is 6.31. The van der Waals surface area contributed by atoms with Crippen molar-refractivity contribution in [2.24, 2.45) is 0 Å². The van der Waals surface area contributed by atoms with Crippen LogP contribution in [0.15, 0.2) is 36.4 Å². The Hall–Kier alpha value is -1.94. The lowest BCUT2D eigenvalue weighted by atomic mass is 9.97. The summed E-state index contributed by atoms with van der Waals surface area (Å²) in [6.45, 7) is 0.543. The second-order valence-electron chi connectivity index (χ2n) is 4.62. The third kappa shape index (κ3) is 3.39. The van der Waals surface area contributed by atoms with Gasteiger partial charge in [-0.15, -0.1) is 0 Å². The van der Waals surface area contributed by atoms with Crippen molar-refractivity contribution in [2.45, 2.75) is 20.5 Å². The number of alkyl halides is 2. The van der Waals surface area contributed by atoms with Gasteiger partial charge in [0.05, 0.1) is 5.56 Å². The van der Waals surface area contributed by atoms with Crippen LogP contribution in [0.2, 0.25) is 5.02 Å². The zero-order valence-corrected chi connectivity index (χ0v) is 12.2. The van der Waals surface area contributed by atoms with Gasteiger partial charge in [-0.05, 0) is 49.2 Å². The van der Waals surface area contributed by atoms with Crippen LogP contribution in [0.5, 0.6) is 5.75 Å². The van der Waals surface area contributed by atoms with Crippen LogP contribution in [0.4, 0.5) is 8.78 Å². The van der Waals surface area contributed by atoms with Crippen LogP contribution in [0, 0.1) is 13.8 Å². The van der Waals surface area contributed by atoms with Crippen molar-refractivity contribution in [1.29, 1.82) is 0 Å². The van der Waals surface area contributed by atoms with E-state index in [0.717, 1.165) is 5.56 Å². The fourth-order valence-corrected chi connectivity index (χ4v) is 2.24. The average molecular weight is 311 g/mol. The highest BCUT2D eigenvalue weighted by Crippen LogP contribution is 2.27. The van der Waals surface area contributed by atoms with E-state index in [1.165, 1.54) is 18.2 Å². The topological polar surface area (TPSA) is 26.3 Å². The van der Waals surface area contributed by atoms with E-state index in [0.29, 0.717) is 16.1 Å². The Labute approximate surface area is 126 Å². The largest absolute Gasteiger partial charge is 0.434 e. The number of benzene rings is 2. The van der Waals surface area contributed by atoms with E-state index < -0.39 is 6.61 Å². The maximum atomic E-state index is 12.6. The monoisotopic (exact) mass is 310 g/mol. The molecule has 0 N–H and O–H groups in total. The lowest BCUT2D eigenvalue weighted by molar-refractivity contribution is -0.0501. The van der Waals surface area contributed by atoms with Crippen LogP contribution >= 0.6 is 11.6 Å². The van der Waals surface area contributed by atoms with E-state index in [9.17, 15) is 13.6 Å². The first-order valence-electron chi connectivity index (χ1n) is 6.25. The maximum absolute atomic E-state index is 12.6. The summed E-state index contributed by atoms with van der Waals surface area (Å²) >= 11 is 6.00. The molecule has 0 aromatic heterocycles. The summed E-state index contributed by atoms with van der Waals surface area (Å²) < 4.78 is 29.2. The molecule has 21 heavy (non-hydrogen) atoms. The molecule has 0 heterocycles. The Balaban J connectivity index is 2.48. The zero-order valence-electron chi connectivity index (χ0n) is 11.5. The van der Waals surface area contributed by atoms with Gasteiger partial charge in [0.25, 0.3) is 0 Å². The van der Waals surface area contributed by atoms with Gasteiger partial charge >= 0.3 is 6.61 Å². The quantitative estimate of drug-likeness (QED) is 0.759. The maximum Gasteiger partial charge on any atom is 0.387 e. The van der Waals surface area contributed by atoms with Gasteiger partial charge in [0.1, 0.15) is 5.75 Å². The SMILES string of the molecule is Cc1cc(C(=O)c2ccccc2OC(F)F)c(C)cc1Cl. The van der Waals surface area contributed by atoms with Crippen molar-refractivity contribution in [3.05, 3.63) is 63.7 Å². The Kier molecular flexibility index (Phi) is 4.58. The molecular weight excluding hydrogens is 298 g/mol. The van der Waals surface area contributed by atoms with Crippen LogP contribution < -0.4 is 4.74 Å². The third-order valence-corrected chi connectivity index (χ3v) is 3.51. The smallest absolute Gasteiger partial charge is 0.387 e. The molecule has 0 saturated heterocycles. The molecule has 0 aliphatic rings. The molecule has 2 aromatic rings. The molecule has 110 valence electrons. The lowest BCUT2D eigenvalue weighted by Crippen LogP contribution is -2.10. The molecule has 0 unspecified atom stereocenters. The summed E-state index contributed by atoms with van der Waals surface area (Å²) in [6, 6.07) is 9.28. The fraction of sp³-hybridized carbons (Fsp3) is 0.188. The molecule has 0 aliphatic carbocycles. The molecule has 0 amide bonds. The number of ketones is 1. The summed E-state index contributed by atoms with van der Waals surface area (Å²) in [7, 11) is 0. The molecule has 2 rings (SSSR count). The summed E-state index contributed by atoms with van der Waals surface area (Å²) in [6.07, 6.45) is 0. The molecule has 5 heteroatoms. The van der Waals surface area contributed by atoms with E-state index in [-0.39, 0.29) is 17.1 Å². The zero-order chi connectivity index (χ0) is 15.6. The molecule has 0 saturated carbocycles. The molecule has 2 aromatic carbocycles. The Morgan fingerprint density at radius 3 is 2.43 bits per heavy atom. The first-order chi connectivity index (χ1) is 9.90. The van der Waals surface area contributed by atoms with Crippen LogP contribution in [-0.4, -0.2) is 12.4 Å². The summed E-state index contributed by atoms with van der Waals surface area (Å²) in [5.41, 5.74) is 1.95. The number of hydrogen-bond donors (Lipinski definition) is 0. The number of rotatable bonds is 4. The molecular formula is C16H13ClF2O2. The highest BCUT2D eigenvalue weighted by Gasteiger charge is 2.19. The van der Waals surface area contributed by atoms with Gasteiger partial charge in [-0.25, -0.2) is 0 Å². The van der Waals surface area contributed by atoms with Gasteiger partial charge < -0.3 is 4.74 Å². The van der Waals surface area contributed by atoms with Crippen molar-refractivity contribution in [2.75, 3.05) is 0 Å². The standard InChI is InChI=1S/C16H13ClF2O2/c1-9-8-13(17)10(2)7-12(9)15(20)11-5-3-4-6-14(11)21-16(18)19/h3-8,16H,1-2H3. The van der Waals surface area contributed by atoms with E-state index in [1.54, 1.807) is 32.0 Å². The second kappa shape index (κ2) is 6.22. The Morgan fingerprint density at radius 1 is 1.10 bits per heavy atom. The summed E-state index contributed by atoms with van der Waals surface area (Å²) in [5, 5.41) is 0.557. The number of carbonyl (C=O) groups is 1. The minimum Gasteiger partial charge on any atom is -0.434 e. The van der Waals surface area contributed by atoms with Crippen molar-refractivity contribution in [1.82, 2.24) is 0 Å². The predicted octanol–water partition coefficient (Wildman–Crippen LogP) is 4.79. The summed E-state index contributed by atoms with van der Waals surface area (Å²) in [5.74, 6) is -0.506. The van der Waals surface area contributed by atoms with Crippen LogP contribution in [0.1, 0.15) is 27.0 Å². The summed E-state index contributed by atoms with van der Waals surface area (Å²) in [4.78, 5) is 12.6. The van der Waals surface area contributed by atoms with Gasteiger partial charge in [-0.3, -0.25) is 4.79 Å². The van der Waals surface area contributed by atoms with Crippen LogP contribution in [-0.2, 0) is 0 Å². The van der Waals surface area contributed by atoms with Gasteiger partial charge in [0.2, 0.25) is 0 Å². The van der Waals surface area contributed by atoms with Crippen molar-refractivity contribution < 1.29 is 18.3 Å². The van der Waals surface area contributed by atoms with Gasteiger partial charge in [0.15, 0.2) is 5.78 Å². The first kappa shape index (κ1) is 15.4. The number of ether oxygens (including phenoxy) is 1. The second-order valence-corrected chi connectivity index (χ2v) is 5.03. The number of para-hydroxylation sites is 1. The third-order valence-electron chi connectivity index (χ3n) is 3.10. The number of carbonyl (C=O) groups excluding carboxylic acids is 1. The molecule has 0 aliphatic heterocycles. The molecule has 2 nitrogen and oxygen atoms in total. The predicted molar refractivity (Wildman–Crippen MR) is 77.4 cm³/mol. The number of halogens is 3. The average Bonchev–Trinajstić information content (AvgIpc) is 2.42. The minimum absolute atomic E-state index is 0.0997. The first-order valence-corrected chi connectivity index (χ1v) is 6.63. The lowest BCUT2D eigenvalue weighted by Gasteiger charge is -2.12. The highest BCUT2D eigenvalue weighted by atomic mass is 35.5. The van der Waals surface area contributed by atoms with Crippen LogP contribution in [0.3, 0.4) is 0 Å². The van der Waals surface area contributed by atoms with E-state index in [4.69, 9.17) is 11.6 Å².